The highest BCUT2D eigenvalue weighted by molar-refractivity contribution is 14.0. The van der Waals surface area contributed by atoms with Gasteiger partial charge in [-0.3, -0.25) is 4.99 Å². The number of guanidine groups is 1. The van der Waals surface area contributed by atoms with E-state index >= 15 is 0 Å². The summed E-state index contributed by atoms with van der Waals surface area (Å²) in [5.74, 6) is 2.11. The number of halogens is 2. The average molecular weight is 438 g/mol. The third kappa shape index (κ3) is 5.24. The van der Waals surface area contributed by atoms with Gasteiger partial charge in [0.25, 0.3) is 0 Å². The zero-order valence-electron chi connectivity index (χ0n) is 12.5. The fourth-order valence-corrected chi connectivity index (χ4v) is 2.31. The van der Waals surface area contributed by atoms with Crippen molar-refractivity contribution in [2.24, 2.45) is 4.99 Å². The van der Waals surface area contributed by atoms with Crippen molar-refractivity contribution in [1.29, 1.82) is 0 Å². The van der Waals surface area contributed by atoms with Crippen LogP contribution < -0.4 is 20.1 Å². The van der Waals surface area contributed by atoms with E-state index in [1.807, 2.05) is 12.1 Å². The summed E-state index contributed by atoms with van der Waals surface area (Å²) >= 11 is 6.21. The molecule has 1 heterocycles. The summed E-state index contributed by atoms with van der Waals surface area (Å²) in [4.78, 5) is 4.12. The molecule has 2 rings (SSSR count). The molecule has 0 aliphatic carbocycles. The molecule has 122 valence electrons. The van der Waals surface area contributed by atoms with Gasteiger partial charge in [-0.25, -0.2) is 0 Å². The minimum Gasteiger partial charge on any atom is -0.486 e. The molecule has 1 aliphatic rings. The zero-order valence-corrected chi connectivity index (χ0v) is 15.6. The molecule has 1 aromatic carbocycles. The highest BCUT2D eigenvalue weighted by Gasteiger charge is 2.16. The van der Waals surface area contributed by atoms with E-state index in [1.165, 1.54) is 0 Å². The lowest BCUT2D eigenvalue weighted by Gasteiger charge is -2.20. The Morgan fingerprint density at radius 2 is 2.14 bits per heavy atom. The Kier molecular flexibility index (Phi) is 8.40. The lowest BCUT2D eigenvalue weighted by molar-refractivity contribution is 0.171. The Morgan fingerprint density at radius 3 is 2.86 bits per heavy atom. The van der Waals surface area contributed by atoms with Crippen LogP contribution in [-0.4, -0.2) is 39.3 Å². The van der Waals surface area contributed by atoms with Gasteiger partial charge in [-0.1, -0.05) is 17.7 Å². The summed E-state index contributed by atoms with van der Waals surface area (Å²) < 4.78 is 11.1. The molecule has 1 aliphatic heterocycles. The van der Waals surface area contributed by atoms with Crippen molar-refractivity contribution >= 4 is 41.5 Å². The summed E-state index contributed by atoms with van der Waals surface area (Å²) in [6.07, 6.45) is 2.60. The predicted molar refractivity (Wildman–Crippen MR) is 101 cm³/mol. The van der Waals surface area contributed by atoms with Crippen molar-refractivity contribution in [1.82, 2.24) is 10.6 Å². The highest BCUT2D eigenvalue weighted by Crippen LogP contribution is 2.38. The van der Waals surface area contributed by atoms with Crippen molar-refractivity contribution in [2.75, 3.05) is 33.4 Å². The van der Waals surface area contributed by atoms with Crippen LogP contribution >= 0.6 is 35.6 Å². The molecule has 0 radical (unpaired) electrons. The van der Waals surface area contributed by atoms with Gasteiger partial charge in [-0.15, -0.1) is 30.6 Å². The Hall–Kier alpha value is -1.15. The molecule has 0 fully saturated rings. The lowest BCUT2D eigenvalue weighted by Crippen LogP contribution is -2.38. The largest absolute Gasteiger partial charge is 0.486 e. The van der Waals surface area contributed by atoms with Crippen molar-refractivity contribution in [3.8, 4) is 11.5 Å². The molecule has 0 aromatic heterocycles. The highest BCUT2D eigenvalue weighted by atomic mass is 127. The molecule has 22 heavy (non-hydrogen) atoms. The summed E-state index contributed by atoms with van der Waals surface area (Å²) in [5.41, 5.74) is 1.09. The number of rotatable bonds is 5. The second-order valence-corrected chi connectivity index (χ2v) is 4.93. The number of nitrogens with one attached hydrogen (secondary N) is 2. The number of nitrogens with zero attached hydrogens (tertiary/aromatic N) is 1. The monoisotopic (exact) mass is 437 g/mol. The molecular weight excluding hydrogens is 417 g/mol. The first-order chi connectivity index (χ1) is 10.2. The summed E-state index contributed by atoms with van der Waals surface area (Å²) in [5, 5.41) is 6.94. The summed E-state index contributed by atoms with van der Waals surface area (Å²) in [6, 6.07) is 3.89. The first kappa shape index (κ1) is 18.9. The maximum atomic E-state index is 6.21. The topological polar surface area (TPSA) is 54.9 Å². The Labute approximate surface area is 153 Å². The van der Waals surface area contributed by atoms with Crippen LogP contribution in [-0.2, 0) is 6.42 Å². The van der Waals surface area contributed by atoms with E-state index in [1.54, 1.807) is 13.1 Å². The van der Waals surface area contributed by atoms with Gasteiger partial charge in [-0.05, 0) is 24.1 Å². The molecule has 0 amide bonds. The Morgan fingerprint density at radius 1 is 1.36 bits per heavy atom. The van der Waals surface area contributed by atoms with Crippen LogP contribution in [0.25, 0.3) is 0 Å². The molecule has 0 spiro atoms. The van der Waals surface area contributed by atoms with E-state index in [4.69, 9.17) is 21.1 Å². The van der Waals surface area contributed by atoms with Gasteiger partial charge >= 0.3 is 0 Å². The first-order valence-corrected chi connectivity index (χ1v) is 7.26. The summed E-state index contributed by atoms with van der Waals surface area (Å²) in [6.45, 7) is 6.18. The van der Waals surface area contributed by atoms with Gasteiger partial charge in [0.05, 0.1) is 5.02 Å². The molecule has 0 saturated carbocycles. The fraction of sp³-hybridized carbons (Fsp3) is 0.400. The predicted octanol–water partition coefficient (Wildman–Crippen LogP) is 2.62. The number of aliphatic imine (C=N–C) groups is 1. The van der Waals surface area contributed by atoms with E-state index in [0.29, 0.717) is 30.5 Å². The van der Waals surface area contributed by atoms with Crippen LogP contribution in [0.5, 0.6) is 11.5 Å². The zero-order chi connectivity index (χ0) is 15.1. The SMILES string of the molecule is C=CCNC(=NC)NCCc1cc(Cl)c2c(c1)OCCO2.I. The van der Waals surface area contributed by atoms with Crippen molar-refractivity contribution in [2.45, 2.75) is 6.42 Å². The number of hydrogen-bond donors (Lipinski definition) is 2. The molecule has 0 unspecified atom stereocenters. The third-order valence-corrected chi connectivity index (χ3v) is 3.28. The smallest absolute Gasteiger partial charge is 0.191 e. The Bertz CT molecular complexity index is 538. The minimum atomic E-state index is 0. The minimum absolute atomic E-state index is 0. The number of ether oxygens (including phenoxy) is 2. The van der Waals surface area contributed by atoms with Crippen molar-refractivity contribution in [3.05, 3.63) is 35.4 Å². The van der Waals surface area contributed by atoms with E-state index in [2.05, 4.69) is 22.2 Å². The van der Waals surface area contributed by atoms with Crippen molar-refractivity contribution < 1.29 is 9.47 Å². The second-order valence-electron chi connectivity index (χ2n) is 4.52. The number of fused-ring (bicyclic) bond motifs is 1. The van der Waals surface area contributed by atoms with Crippen molar-refractivity contribution in [3.63, 3.8) is 0 Å². The second kappa shape index (κ2) is 9.78. The average Bonchev–Trinajstić information content (AvgIpc) is 2.51. The van der Waals surface area contributed by atoms with Gasteiger partial charge in [0.15, 0.2) is 17.5 Å². The number of benzene rings is 1. The molecule has 1 aromatic rings. The lowest BCUT2D eigenvalue weighted by atomic mass is 10.1. The standard InChI is InChI=1S/C15H20ClN3O2.HI/c1-3-5-18-15(17-2)19-6-4-11-9-12(16)14-13(10-11)20-7-8-21-14;/h3,9-10H,1,4-8H2,2H3,(H2,17,18,19);1H. The number of hydrogen-bond acceptors (Lipinski definition) is 3. The van der Waals surface area contributed by atoms with Crippen LogP contribution in [0, 0.1) is 0 Å². The van der Waals surface area contributed by atoms with Crippen LogP contribution in [0.15, 0.2) is 29.8 Å². The van der Waals surface area contributed by atoms with E-state index in [-0.39, 0.29) is 24.0 Å². The third-order valence-electron chi connectivity index (χ3n) is 3.00. The quantitative estimate of drug-likeness (QED) is 0.322. The first-order valence-electron chi connectivity index (χ1n) is 6.88. The van der Waals surface area contributed by atoms with Crippen LogP contribution in [0.4, 0.5) is 0 Å². The normalized spacial score (nSPS) is 13.1. The van der Waals surface area contributed by atoms with Gasteiger partial charge in [0.1, 0.15) is 13.2 Å². The molecular formula is C15H21ClIN3O2. The van der Waals surface area contributed by atoms with Crippen LogP contribution in [0.3, 0.4) is 0 Å². The maximum absolute atomic E-state index is 6.21. The molecule has 2 N–H and O–H groups in total. The van der Waals surface area contributed by atoms with Crippen LogP contribution in [0.2, 0.25) is 5.02 Å². The molecule has 0 atom stereocenters. The van der Waals surface area contributed by atoms with E-state index < -0.39 is 0 Å². The molecule has 0 saturated heterocycles. The van der Waals surface area contributed by atoms with Gasteiger partial charge < -0.3 is 20.1 Å². The van der Waals surface area contributed by atoms with E-state index in [9.17, 15) is 0 Å². The van der Waals surface area contributed by atoms with E-state index in [0.717, 1.165) is 30.2 Å². The Balaban J connectivity index is 0.00000242. The molecule has 0 bridgehead atoms. The maximum Gasteiger partial charge on any atom is 0.191 e. The van der Waals surface area contributed by atoms with Gasteiger partial charge in [-0.2, -0.15) is 0 Å². The summed E-state index contributed by atoms with van der Waals surface area (Å²) in [7, 11) is 1.74. The fourth-order valence-electron chi connectivity index (χ4n) is 2.02. The molecule has 7 heteroatoms. The van der Waals surface area contributed by atoms with Gasteiger partial charge in [0.2, 0.25) is 0 Å². The molecule has 5 nitrogen and oxygen atoms in total. The van der Waals surface area contributed by atoms with Crippen LogP contribution in [0.1, 0.15) is 5.56 Å². The van der Waals surface area contributed by atoms with Gasteiger partial charge in [0, 0.05) is 20.1 Å².